The fourth-order valence-corrected chi connectivity index (χ4v) is 6.90. The number of carbonyl (C=O) groups is 6. The maximum atomic E-state index is 13.7. The molecule has 4 aromatic rings. The smallest absolute Gasteiger partial charge is 0.408 e. The molecule has 15 heteroatoms. The monoisotopic (exact) mass is 794 g/mol. The second kappa shape index (κ2) is 19.3. The fourth-order valence-electron chi connectivity index (χ4n) is 6.90. The van der Waals surface area contributed by atoms with Crippen molar-refractivity contribution >= 4 is 46.5 Å². The Bertz CT molecular complexity index is 2090. The minimum absolute atomic E-state index is 0.0150. The van der Waals surface area contributed by atoms with E-state index in [1.54, 1.807) is 42.5 Å². The summed E-state index contributed by atoms with van der Waals surface area (Å²) in [5, 5.41) is 16.0. The van der Waals surface area contributed by atoms with E-state index in [9.17, 15) is 28.8 Å². The Morgan fingerprint density at radius 2 is 1.59 bits per heavy atom. The van der Waals surface area contributed by atoms with Gasteiger partial charge in [-0.3, -0.25) is 24.0 Å². The lowest BCUT2D eigenvalue weighted by Gasteiger charge is -2.33. The van der Waals surface area contributed by atoms with E-state index in [0.29, 0.717) is 30.6 Å². The van der Waals surface area contributed by atoms with Gasteiger partial charge in [-0.1, -0.05) is 68.4 Å². The van der Waals surface area contributed by atoms with E-state index in [4.69, 9.17) is 10.5 Å². The third kappa shape index (κ3) is 12.1. The molecule has 1 saturated heterocycles. The van der Waals surface area contributed by atoms with Crippen LogP contribution in [0.4, 0.5) is 4.79 Å². The van der Waals surface area contributed by atoms with Gasteiger partial charge in [0.2, 0.25) is 23.6 Å². The molecule has 0 spiro atoms. The van der Waals surface area contributed by atoms with Gasteiger partial charge in [0.25, 0.3) is 5.91 Å². The number of nitrogens with two attached hydrogens (primary N) is 1. The molecule has 1 aliphatic heterocycles. The topological polar surface area (TPSA) is 207 Å². The van der Waals surface area contributed by atoms with Crippen LogP contribution >= 0.6 is 0 Å². The van der Waals surface area contributed by atoms with Crippen molar-refractivity contribution < 1.29 is 33.5 Å². The molecule has 2 heterocycles. The average molecular weight is 795 g/mol. The highest BCUT2D eigenvalue weighted by atomic mass is 16.6. The predicted octanol–water partition coefficient (Wildman–Crippen LogP) is 3.73. The van der Waals surface area contributed by atoms with Gasteiger partial charge in [-0.05, 0) is 75.3 Å². The van der Waals surface area contributed by atoms with Crippen LogP contribution < -0.4 is 27.0 Å². The number of likely N-dealkylation sites (tertiary alicyclic amines) is 1. The summed E-state index contributed by atoms with van der Waals surface area (Å²) in [7, 11) is 0. The molecule has 3 atom stereocenters. The van der Waals surface area contributed by atoms with E-state index < -0.39 is 54.0 Å². The number of aromatic nitrogens is 2. The van der Waals surface area contributed by atoms with Gasteiger partial charge in [0.1, 0.15) is 29.7 Å². The minimum atomic E-state index is -1.06. The van der Waals surface area contributed by atoms with Crippen molar-refractivity contribution in [2.75, 3.05) is 26.2 Å². The Balaban J connectivity index is 1.18. The molecule has 308 valence electrons. The molecule has 2 unspecified atom stereocenters. The maximum absolute atomic E-state index is 13.7. The van der Waals surface area contributed by atoms with Gasteiger partial charge in [0.15, 0.2) is 0 Å². The third-order valence-electron chi connectivity index (χ3n) is 9.69. The van der Waals surface area contributed by atoms with Crippen LogP contribution in [0.15, 0.2) is 79.0 Å². The Labute approximate surface area is 338 Å². The molecule has 6 amide bonds. The zero-order chi connectivity index (χ0) is 42.0. The lowest BCUT2D eigenvalue weighted by Crippen LogP contribution is -2.56. The van der Waals surface area contributed by atoms with E-state index in [0.717, 1.165) is 35.0 Å². The second-order valence-corrected chi connectivity index (χ2v) is 16.0. The van der Waals surface area contributed by atoms with Crippen LogP contribution in [0.1, 0.15) is 81.3 Å². The van der Waals surface area contributed by atoms with E-state index in [-0.39, 0.29) is 30.7 Å². The largest absolute Gasteiger partial charge is 0.444 e. The van der Waals surface area contributed by atoms with Crippen LogP contribution in [-0.2, 0) is 30.3 Å². The summed E-state index contributed by atoms with van der Waals surface area (Å²) >= 11 is 0. The summed E-state index contributed by atoms with van der Waals surface area (Å²) in [5.74, 6) is -2.37. The number of alkyl carbamates (subject to hydrolysis) is 1. The van der Waals surface area contributed by atoms with Crippen LogP contribution in [0.25, 0.3) is 16.6 Å². The number of primary amides is 1. The Morgan fingerprint density at radius 3 is 2.26 bits per heavy atom. The summed E-state index contributed by atoms with van der Waals surface area (Å²) < 4.78 is 6.91. The highest BCUT2D eigenvalue weighted by Crippen LogP contribution is 2.28. The van der Waals surface area contributed by atoms with Gasteiger partial charge < -0.3 is 36.6 Å². The molecule has 0 radical (unpaired) electrons. The number of piperidine rings is 1. The summed E-state index contributed by atoms with van der Waals surface area (Å²) in [6, 6.07) is 20.3. The Hall–Kier alpha value is -6.25. The van der Waals surface area contributed by atoms with Crippen molar-refractivity contribution in [3.8, 4) is 5.69 Å². The van der Waals surface area contributed by atoms with Crippen LogP contribution in [-0.4, -0.2) is 94.2 Å². The highest BCUT2D eigenvalue weighted by Gasteiger charge is 2.30. The molecule has 1 aliphatic rings. The SMILES string of the molecule is CC(C)CC(NC(=O)C(Cc1ccccc1)NC(=O)CNC(=O)OC(C)(C)C)C(=O)NCC(=O)N1CCC[C@H](c2ccc(-n3cc4cccc(C(N)=O)c4n3)cc2)C1. The number of nitrogens with one attached hydrogen (secondary N) is 4. The number of amides is 6. The quantitative estimate of drug-likeness (QED) is 0.120. The molecular formula is C43H54N8O7. The van der Waals surface area contributed by atoms with Crippen LogP contribution in [0, 0.1) is 5.92 Å². The van der Waals surface area contributed by atoms with Crippen LogP contribution in [0.3, 0.4) is 0 Å². The van der Waals surface area contributed by atoms with Crippen LogP contribution in [0.5, 0.6) is 0 Å². The van der Waals surface area contributed by atoms with Crippen molar-refractivity contribution in [1.82, 2.24) is 35.9 Å². The molecule has 1 fully saturated rings. The molecule has 0 bridgehead atoms. The van der Waals surface area contributed by atoms with E-state index in [1.807, 2.05) is 80.7 Å². The lowest BCUT2D eigenvalue weighted by molar-refractivity contribution is -0.135. The summed E-state index contributed by atoms with van der Waals surface area (Å²) in [4.78, 5) is 79.4. The van der Waals surface area contributed by atoms with Crippen molar-refractivity contribution in [3.63, 3.8) is 0 Å². The average Bonchev–Trinajstić information content (AvgIpc) is 3.63. The summed E-state index contributed by atoms with van der Waals surface area (Å²) in [6.07, 6.45) is 3.19. The number of rotatable bonds is 15. The number of carbonyl (C=O) groups excluding carboxylic acids is 6. The van der Waals surface area contributed by atoms with Gasteiger partial charge in [-0.2, -0.15) is 5.10 Å². The summed E-state index contributed by atoms with van der Waals surface area (Å²) in [5.41, 5.74) is 8.34. The Kier molecular flexibility index (Phi) is 14.2. The first kappa shape index (κ1) is 42.9. The number of hydrogen-bond acceptors (Lipinski definition) is 8. The number of fused-ring (bicyclic) bond motifs is 1. The number of benzene rings is 3. The van der Waals surface area contributed by atoms with Gasteiger partial charge >= 0.3 is 6.09 Å². The highest BCUT2D eigenvalue weighted by molar-refractivity contribution is 6.04. The van der Waals surface area contributed by atoms with Gasteiger partial charge in [-0.25, -0.2) is 9.48 Å². The Morgan fingerprint density at radius 1 is 0.862 bits per heavy atom. The first-order chi connectivity index (χ1) is 27.6. The van der Waals surface area contributed by atoms with Crippen molar-refractivity contribution in [2.24, 2.45) is 11.7 Å². The molecule has 5 rings (SSSR count). The van der Waals surface area contributed by atoms with E-state index in [2.05, 4.69) is 26.4 Å². The first-order valence-corrected chi connectivity index (χ1v) is 19.6. The van der Waals surface area contributed by atoms with Gasteiger partial charge in [0, 0.05) is 37.0 Å². The number of ether oxygens (including phenoxy) is 1. The molecule has 15 nitrogen and oxygen atoms in total. The van der Waals surface area contributed by atoms with Crippen molar-refractivity contribution in [1.29, 1.82) is 0 Å². The molecule has 1 aromatic heterocycles. The van der Waals surface area contributed by atoms with Gasteiger partial charge in [-0.15, -0.1) is 0 Å². The predicted molar refractivity (Wildman–Crippen MR) is 219 cm³/mol. The minimum Gasteiger partial charge on any atom is -0.444 e. The number of nitrogens with zero attached hydrogens (tertiary/aromatic N) is 3. The van der Waals surface area contributed by atoms with E-state index >= 15 is 0 Å². The van der Waals surface area contributed by atoms with Crippen LogP contribution in [0.2, 0.25) is 0 Å². The van der Waals surface area contributed by atoms with Crippen molar-refractivity contribution in [2.45, 2.75) is 83.9 Å². The molecule has 0 saturated carbocycles. The van der Waals surface area contributed by atoms with Crippen molar-refractivity contribution in [3.05, 3.63) is 95.7 Å². The molecule has 6 N–H and O–H groups in total. The third-order valence-corrected chi connectivity index (χ3v) is 9.69. The zero-order valence-electron chi connectivity index (χ0n) is 33.7. The second-order valence-electron chi connectivity index (χ2n) is 16.0. The molecular weight excluding hydrogens is 741 g/mol. The normalized spacial score (nSPS) is 15.3. The fraction of sp³-hybridized carbons (Fsp3) is 0.419. The van der Waals surface area contributed by atoms with Gasteiger partial charge in [0.05, 0.1) is 17.8 Å². The molecule has 0 aliphatic carbocycles. The van der Waals surface area contributed by atoms with E-state index in [1.165, 1.54) is 0 Å². The lowest BCUT2D eigenvalue weighted by atomic mass is 9.90. The zero-order valence-corrected chi connectivity index (χ0v) is 33.7. The standard InChI is InChI=1S/C43H54N8O7/c1-27(2)21-34(48-41(56)35(22-28-11-7-6-8-12-28)47-36(52)23-46-42(57)58-43(3,4)5)40(55)45-24-37(53)50-20-10-14-30(25-50)29-16-18-32(19-17-29)51-26-31-13-9-15-33(39(44)54)38(31)49-51/h6-9,11-13,15-19,26-27,30,34-35H,10,14,20-25H2,1-5H3,(H2,44,54)(H,45,55)(H,46,57)(H,47,52)(H,48,56)/t30-,34?,35?/m0/s1. The molecule has 58 heavy (non-hydrogen) atoms. The first-order valence-electron chi connectivity index (χ1n) is 19.6. The molecule has 3 aromatic carbocycles. The summed E-state index contributed by atoms with van der Waals surface area (Å²) in [6.45, 7) is 9.32. The number of hydrogen-bond donors (Lipinski definition) is 5. The maximum Gasteiger partial charge on any atom is 0.408 e.